The number of nitrogens with zero attached hydrogens (tertiary/aromatic N) is 3. The number of aromatic nitrogens is 3. The molecule has 2 N–H and O–H groups in total. The molecule has 0 amide bonds. The SMILES string of the molecule is Cn1nc(CO)nc1NCCCOc1cccc(C=O)c1. The molecule has 7 nitrogen and oxygen atoms in total. The van der Waals surface area contributed by atoms with E-state index in [1.165, 1.54) is 0 Å². The van der Waals surface area contributed by atoms with Gasteiger partial charge in [0.05, 0.1) is 6.61 Å². The van der Waals surface area contributed by atoms with E-state index in [0.29, 0.717) is 36.2 Å². The first kappa shape index (κ1) is 15.0. The summed E-state index contributed by atoms with van der Waals surface area (Å²) in [5, 5.41) is 16.1. The summed E-state index contributed by atoms with van der Waals surface area (Å²) in [6, 6.07) is 7.04. The molecule has 0 radical (unpaired) electrons. The van der Waals surface area contributed by atoms with Crippen LogP contribution in [0.3, 0.4) is 0 Å². The lowest BCUT2D eigenvalue weighted by molar-refractivity contribution is 0.112. The van der Waals surface area contributed by atoms with Gasteiger partial charge in [-0.15, -0.1) is 0 Å². The molecular weight excluding hydrogens is 272 g/mol. The van der Waals surface area contributed by atoms with Gasteiger partial charge in [0, 0.05) is 19.2 Å². The highest BCUT2D eigenvalue weighted by molar-refractivity contribution is 5.75. The van der Waals surface area contributed by atoms with Crippen LogP contribution in [0.1, 0.15) is 22.6 Å². The van der Waals surface area contributed by atoms with E-state index in [9.17, 15) is 4.79 Å². The first-order chi connectivity index (χ1) is 10.2. The Balaban J connectivity index is 1.72. The van der Waals surface area contributed by atoms with Crippen molar-refractivity contribution < 1.29 is 14.6 Å². The molecule has 0 saturated carbocycles. The van der Waals surface area contributed by atoms with Crippen LogP contribution in [0.2, 0.25) is 0 Å². The number of rotatable bonds is 8. The van der Waals surface area contributed by atoms with E-state index in [2.05, 4.69) is 15.4 Å². The summed E-state index contributed by atoms with van der Waals surface area (Å²) in [4.78, 5) is 14.8. The first-order valence-electron chi connectivity index (χ1n) is 6.65. The van der Waals surface area contributed by atoms with Crippen LogP contribution in [0.5, 0.6) is 5.75 Å². The fraction of sp³-hybridized carbons (Fsp3) is 0.357. The number of anilines is 1. The minimum Gasteiger partial charge on any atom is -0.494 e. The topological polar surface area (TPSA) is 89.3 Å². The molecule has 0 bridgehead atoms. The third-order valence-corrected chi connectivity index (χ3v) is 2.82. The van der Waals surface area contributed by atoms with Crippen LogP contribution >= 0.6 is 0 Å². The summed E-state index contributed by atoms with van der Waals surface area (Å²) < 4.78 is 7.14. The maximum absolute atomic E-state index is 10.7. The number of carbonyl (C=O) groups is 1. The second-order valence-electron chi connectivity index (χ2n) is 4.45. The number of ether oxygens (including phenoxy) is 1. The molecule has 112 valence electrons. The Hall–Kier alpha value is -2.41. The van der Waals surface area contributed by atoms with Crippen molar-refractivity contribution in [2.75, 3.05) is 18.5 Å². The largest absolute Gasteiger partial charge is 0.494 e. The van der Waals surface area contributed by atoms with Gasteiger partial charge in [0.15, 0.2) is 5.82 Å². The number of hydrogen-bond donors (Lipinski definition) is 2. The van der Waals surface area contributed by atoms with Crippen molar-refractivity contribution in [3.8, 4) is 5.75 Å². The highest BCUT2D eigenvalue weighted by Gasteiger charge is 2.04. The van der Waals surface area contributed by atoms with Gasteiger partial charge in [-0.25, -0.2) is 4.68 Å². The number of nitrogens with one attached hydrogen (secondary N) is 1. The lowest BCUT2D eigenvalue weighted by Gasteiger charge is -2.07. The van der Waals surface area contributed by atoms with E-state index < -0.39 is 0 Å². The van der Waals surface area contributed by atoms with Gasteiger partial charge in [0.1, 0.15) is 18.6 Å². The van der Waals surface area contributed by atoms with E-state index in [1.807, 2.05) is 6.07 Å². The van der Waals surface area contributed by atoms with Crippen LogP contribution in [-0.4, -0.2) is 39.3 Å². The second kappa shape index (κ2) is 7.39. The Bertz CT molecular complexity index is 598. The number of carbonyl (C=O) groups excluding carboxylic acids is 1. The Morgan fingerprint density at radius 1 is 1.48 bits per heavy atom. The van der Waals surface area contributed by atoms with Crippen LogP contribution in [0.15, 0.2) is 24.3 Å². The molecule has 1 aromatic carbocycles. The van der Waals surface area contributed by atoms with Gasteiger partial charge in [0.25, 0.3) is 0 Å². The second-order valence-corrected chi connectivity index (χ2v) is 4.45. The Labute approximate surface area is 122 Å². The van der Waals surface area contributed by atoms with Crippen LogP contribution in [-0.2, 0) is 13.7 Å². The van der Waals surface area contributed by atoms with Crippen molar-refractivity contribution in [3.63, 3.8) is 0 Å². The molecule has 7 heteroatoms. The first-order valence-corrected chi connectivity index (χ1v) is 6.65. The highest BCUT2D eigenvalue weighted by atomic mass is 16.5. The zero-order chi connectivity index (χ0) is 15.1. The van der Waals surface area contributed by atoms with E-state index in [-0.39, 0.29) is 6.61 Å². The maximum Gasteiger partial charge on any atom is 0.221 e. The number of aliphatic hydroxyl groups is 1. The minimum atomic E-state index is -0.175. The number of aryl methyl sites for hydroxylation is 1. The van der Waals surface area contributed by atoms with Gasteiger partial charge < -0.3 is 15.2 Å². The molecular formula is C14H18N4O3. The van der Waals surface area contributed by atoms with Gasteiger partial charge in [-0.2, -0.15) is 10.1 Å². The van der Waals surface area contributed by atoms with Crippen LogP contribution < -0.4 is 10.1 Å². The zero-order valence-electron chi connectivity index (χ0n) is 11.8. The Morgan fingerprint density at radius 3 is 3.05 bits per heavy atom. The fourth-order valence-corrected chi connectivity index (χ4v) is 1.80. The number of aldehydes is 1. The molecule has 21 heavy (non-hydrogen) atoms. The average molecular weight is 290 g/mol. The maximum atomic E-state index is 10.7. The van der Waals surface area contributed by atoms with Gasteiger partial charge in [-0.1, -0.05) is 12.1 Å². The molecule has 0 unspecified atom stereocenters. The lowest BCUT2D eigenvalue weighted by atomic mass is 10.2. The zero-order valence-corrected chi connectivity index (χ0v) is 11.8. The summed E-state index contributed by atoms with van der Waals surface area (Å²) in [5.41, 5.74) is 0.598. The van der Waals surface area contributed by atoms with E-state index in [0.717, 1.165) is 12.7 Å². The van der Waals surface area contributed by atoms with Crippen molar-refractivity contribution in [3.05, 3.63) is 35.7 Å². The predicted molar refractivity (Wildman–Crippen MR) is 77.4 cm³/mol. The molecule has 0 atom stereocenters. The summed E-state index contributed by atoms with van der Waals surface area (Å²) in [6.07, 6.45) is 1.56. The number of aliphatic hydroxyl groups excluding tert-OH is 1. The molecule has 0 saturated heterocycles. The molecule has 1 heterocycles. The average Bonchev–Trinajstić information content (AvgIpc) is 2.87. The van der Waals surface area contributed by atoms with E-state index in [4.69, 9.17) is 9.84 Å². The third kappa shape index (κ3) is 4.28. The van der Waals surface area contributed by atoms with Crippen molar-refractivity contribution >= 4 is 12.2 Å². The highest BCUT2D eigenvalue weighted by Crippen LogP contribution is 2.12. The Morgan fingerprint density at radius 2 is 2.33 bits per heavy atom. The van der Waals surface area contributed by atoms with Crippen LogP contribution in [0.25, 0.3) is 0 Å². The molecule has 0 aliphatic carbocycles. The predicted octanol–water partition coefficient (Wildman–Crippen LogP) is 1.00. The smallest absolute Gasteiger partial charge is 0.221 e. The minimum absolute atomic E-state index is 0.175. The number of benzene rings is 1. The molecule has 0 spiro atoms. The molecule has 0 fully saturated rings. The third-order valence-electron chi connectivity index (χ3n) is 2.82. The quantitative estimate of drug-likeness (QED) is 0.557. The van der Waals surface area contributed by atoms with Gasteiger partial charge in [-0.3, -0.25) is 4.79 Å². The van der Waals surface area contributed by atoms with Crippen molar-refractivity contribution in [1.29, 1.82) is 0 Å². The fourth-order valence-electron chi connectivity index (χ4n) is 1.80. The molecule has 1 aromatic heterocycles. The van der Waals surface area contributed by atoms with Crippen LogP contribution in [0, 0.1) is 0 Å². The normalized spacial score (nSPS) is 10.4. The van der Waals surface area contributed by atoms with Crippen molar-refractivity contribution in [2.45, 2.75) is 13.0 Å². The Kier molecular flexibility index (Phi) is 5.28. The molecule has 2 rings (SSSR count). The van der Waals surface area contributed by atoms with Gasteiger partial charge in [0.2, 0.25) is 5.95 Å². The molecule has 0 aliphatic heterocycles. The number of hydrogen-bond acceptors (Lipinski definition) is 6. The van der Waals surface area contributed by atoms with Gasteiger partial charge >= 0.3 is 0 Å². The summed E-state index contributed by atoms with van der Waals surface area (Å²) in [7, 11) is 1.76. The summed E-state index contributed by atoms with van der Waals surface area (Å²) in [6.45, 7) is 1.02. The van der Waals surface area contributed by atoms with Crippen molar-refractivity contribution in [2.24, 2.45) is 7.05 Å². The molecule has 0 aliphatic rings. The van der Waals surface area contributed by atoms with Gasteiger partial charge in [-0.05, 0) is 18.6 Å². The standard InChI is InChI=1S/C14H18N4O3/c1-18-14(16-13(10-20)17-18)15-6-3-7-21-12-5-2-4-11(8-12)9-19/h2,4-5,8-9,20H,3,6-7,10H2,1H3,(H,15,16,17). The molecule has 2 aromatic rings. The van der Waals surface area contributed by atoms with Crippen LogP contribution in [0.4, 0.5) is 5.95 Å². The van der Waals surface area contributed by atoms with E-state index in [1.54, 1.807) is 29.9 Å². The lowest BCUT2D eigenvalue weighted by Crippen LogP contribution is -2.10. The van der Waals surface area contributed by atoms with Crippen molar-refractivity contribution in [1.82, 2.24) is 14.8 Å². The summed E-state index contributed by atoms with van der Waals surface area (Å²) >= 11 is 0. The summed E-state index contributed by atoms with van der Waals surface area (Å²) in [5.74, 6) is 1.68. The monoisotopic (exact) mass is 290 g/mol. The van der Waals surface area contributed by atoms with E-state index >= 15 is 0 Å².